The van der Waals surface area contributed by atoms with Crippen LogP contribution < -0.4 is 9.80 Å². The second kappa shape index (κ2) is 5.96. The molecule has 3 aromatic rings. The maximum absolute atomic E-state index is 12.3. The van der Waals surface area contributed by atoms with E-state index in [0.717, 1.165) is 32.9 Å². The van der Waals surface area contributed by atoms with Crippen molar-refractivity contribution in [1.29, 1.82) is 0 Å². The molecule has 3 rings (SSSR count). The summed E-state index contributed by atoms with van der Waals surface area (Å²) in [5, 5.41) is 3.54. The van der Waals surface area contributed by atoms with Crippen molar-refractivity contribution in [2.45, 2.75) is 0 Å². The molecule has 24 heavy (non-hydrogen) atoms. The molecule has 0 saturated carbocycles. The summed E-state index contributed by atoms with van der Waals surface area (Å²) in [4.78, 5) is 27.7. The molecule has 0 fully saturated rings. The summed E-state index contributed by atoms with van der Waals surface area (Å²) in [5.41, 5.74) is 2.57. The summed E-state index contributed by atoms with van der Waals surface area (Å²) in [6.45, 7) is 0. The average Bonchev–Trinajstić information content (AvgIpc) is 2.57. The molecule has 0 radical (unpaired) electrons. The van der Waals surface area contributed by atoms with Crippen LogP contribution in [0.1, 0.15) is 10.4 Å². The van der Waals surface area contributed by atoms with Crippen molar-refractivity contribution in [1.82, 2.24) is 0 Å². The Labute approximate surface area is 141 Å². The third-order valence-electron chi connectivity index (χ3n) is 4.28. The van der Waals surface area contributed by atoms with Crippen molar-refractivity contribution >= 4 is 45.0 Å². The lowest BCUT2D eigenvalue weighted by Crippen LogP contribution is -2.17. The lowest BCUT2D eigenvalue weighted by Gasteiger charge is -2.25. The van der Waals surface area contributed by atoms with E-state index in [0.29, 0.717) is 11.8 Å². The van der Waals surface area contributed by atoms with Crippen molar-refractivity contribution in [3.05, 3.63) is 48.0 Å². The quantitative estimate of drug-likeness (QED) is 0.319. The molecule has 0 saturated heterocycles. The molecule has 0 amide bonds. The predicted molar refractivity (Wildman–Crippen MR) is 101 cm³/mol. The van der Waals surface area contributed by atoms with E-state index in [9.17, 15) is 9.59 Å². The molecule has 0 unspecified atom stereocenters. The van der Waals surface area contributed by atoms with Gasteiger partial charge in [-0.2, -0.15) is 0 Å². The first kappa shape index (κ1) is 16.0. The molecule has 0 aliphatic heterocycles. The molecular formula is C20H20N2O2. The highest BCUT2D eigenvalue weighted by atomic mass is 16.2. The van der Waals surface area contributed by atoms with Gasteiger partial charge in [0.2, 0.25) is 5.78 Å². The molecule has 0 atom stereocenters. The number of benzene rings is 3. The van der Waals surface area contributed by atoms with Crippen LogP contribution in [0, 0.1) is 0 Å². The van der Waals surface area contributed by atoms with Gasteiger partial charge in [0.25, 0.3) is 0 Å². The zero-order chi connectivity index (χ0) is 17.4. The Balaban J connectivity index is 2.56. The standard InChI is InChI=1S/C20H20N2O2/c1-21(2)17-10-9-15-16(20(17)22(3)4)11-13-7-5-6-8-14(13)19(15)18(24)12-23/h5-12H,1-4H3. The van der Waals surface area contributed by atoms with E-state index in [-0.39, 0.29) is 0 Å². The normalized spacial score (nSPS) is 10.8. The summed E-state index contributed by atoms with van der Waals surface area (Å²) < 4.78 is 0. The third kappa shape index (κ3) is 2.40. The summed E-state index contributed by atoms with van der Waals surface area (Å²) in [7, 11) is 7.95. The molecule has 3 aromatic carbocycles. The Morgan fingerprint density at radius 2 is 1.58 bits per heavy atom. The van der Waals surface area contributed by atoms with Crippen LogP contribution in [0.2, 0.25) is 0 Å². The fraction of sp³-hybridized carbons (Fsp3) is 0.200. The number of anilines is 2. The number of hydrogen-bond donors (Lipinski definition) is 0. The first-order chi connectivity index (χ1) is 11.5. The van der Waals surface area contributed by atoms with Gasteiger partial charge >= 0.3 is 0 Å². The third-order valence-corrected chi connectivity index (χ3v) is 4.28. The molecule has 0 heterocycles. The highest BCUT2D eigenvalue weighted by Gasteiger charge is 2.19. The van der Waals surface area contributed by atoms with Gasteiger partial charge in [-0.25, -0.2) is 0 Å². The van der Waals surface area contributed by atoms with Crippen LogP contribution in [-0.4, -0.2) is 40.3 Å². The van der Waals surface area contributed by atoms with Gasteiger partial charge in [-0.05, 0) is 28.3 Å². The van der Waals surface area contributed by atoms with Gasteiger partial charge in [0, 0.05) is 39.1 Å². The van der Waals surface area contributed by atoms with Gasteiger partial charge < -0.3 is 9.80 Å². The van der Waals surface area contributed by atoms with Crippen molar-refractivity contribution in [2.24, 2.45) is 0 Å². The van der Waals surface area contributed by atoms with Crippen LogP contribution in [-0.2, 0) is 4.79 Å². The van der Waals surface area contributed by atoms with E-state index < -0.39 is 5.78 Å². The van der Waals surface area contributed by atoms with Gasteiger partial charge in [0.15, 0.2) is 6.29 Å². The lowest BCUT2D eigenvalue weighted by molar-refractivity contribution is -0.104. The minimum Gasteiger partial charge on any atom is -0.376 e. The van der Waals surface area contributed by atoms with Crippen LogP contribution in [0.3, 0.4) is 0 Å². The number of rotatable bonds is 4. The fourth-order valence-electron chi connectivity index (χ4n) is 3.27. The fourth-order valence-corrected chi connectivity index (χ4v) is 3.27. The molecule has 0 N–H and O–H groups in total. The number of carbonyl (C=O) groups is 2. The smallest absolute Gasteiger partial charge is 0.226 e. The van der Waals surface area contributed by atoms with Gasteiger partial charge in [0.05, 0.1) is 11.4 Å². The second-order valence-electron chi connectivity index (χ2n) is 6.27. The van der Waals surface area contributed by atoms with Crippen molar-refractivity contribution < 1.29 is 9.59 Å². The van der Waals surface area contributed by atoms with Crippen molar-refractivity contribution in [2.75, 3.05) is 38.0 Å². The number of nitrogens with zero attached hydrogens (tertiary/aromatic N) is 2. The van der Waals surface area contributed by atoms with Crippen molar-refractivity contribution in [3.8, 4) is 0 Å². The van der Waals surface area contributed by atoms with E-state index in [1.165, 1.54) is 0 Å². The molecular weight excluding hydrogens is 300 g/mol. The van der Waals surface area contributed by atoms with Crippen LogP contribution in [0.15, 0.2) is 42.5 Å². The summed E-state index contributed by atoms with van der Waals surface area (Å²) in [5.74, 6) is -0.487. The highest BCUT2D eigenvalue weighted by Crippen LogP contribution is 2.39. The number of hydrogen-bond acceptors (Lipinski definition) is 4. The Morgan fingerprint density at radius 3 is 2.21 bits per heavy atom. The van der Waals surface area contributed by atoms with Gasteiger partial charge in [-0.15, -0.1) is 0 Å². The molecule has 0 aliphatic carbocycles. The van der Waals surface area contributed by atoms with Crippen LogP contribution >= 0.6 is 0 Å². The van der Waals surface area contributed by atoms with Crippen LogP contribution in [0.5, 0.6) is 0 Å². The Hall–Kier alpha value is -2.88. The van der Waals surface area contributed by atoms with Gasteiger partial charge in [-0.1, -0.05) is 30.3 Å². The van der Waals surface area contributed by atoms with E-state index >= 15 is 0 Å². The van der Waals surface area contributed by atoms with E-state index in [4.69, 9.17) is 0 Å². The Kier molecular flexibility index (Phi) is 3.97. The van der Waals surface area contributed by atoms with Gasteiger partial charge in [-0.3, -0.25) is 9.59 Å². The minimum absolute atomic E-state index is 0.399. The number of carbonyl (C=O) groups excluding carboxylic acids is 2. The van der Waals surface area contributed by atoms with Gasteiger partial charge in [0.1, 0.15) is 0 Å². The maximum atomic E-state index is 12.3. The number of aldehydes is 1. The molecule has 0 aromatic heterocycles. The highest BCUT2D eigenvalue weighted by molar-refractivity contribution is 6.40. The SMILES string of the molecule is CN(C)c1ccc2c(C(=O)C=O)c3ccccc3cc2c1N(C)C. The van der Waals surface area contributed by atoms with E-state index in [1.54, 1.807) is 0 Å². The molecule has 0 aliphatic rings. The summed E-state index contributed by atoms with van der Waals surface area (Å²) in [6, 6.07) is 13.7. The monoisotopic (exact) mass is 320 g/mol. The van der Waals surface area contributed by atoms with Crippen LogP contribution in [0.4, 0.5) is 11.4 Å². The molecule has 122 valence electrons. The second-order valence-corrected chi connectivity index (χ2v) is 6.27. The van der Waals surface area contributed by atoms with E-state index in [1.807, 2.05) is 74.4 Å². The molecule has 0 bridgehead atoms. The van der Waals surface area contributed by atoms with Crippen LogP contribution in [0.25, 0.3) is 21.5 Å². The average molecular weight is 320 g/mol. The molecule has 4 nitrogen and oxygen atoms in total. The zero-order valence-electron chi connectivity index (χ0n) is 14.3. The predicted octanol–water partition coefficient (Wildman–Crippen LogP) is 3.51. The summed E-state index contributed by atoms with van der Waals surface area (Å²) in [6.07, 6.45) is 0.399. The first-order valence-corrected chi connectivity index (χ1v) is 7.78. The first-order valence-electron chi connectivity index (χ1n) is 7.78. The topological polar surface area (TPSA) is 40.6 Å². The zero-order valence-corrected chi connectivity index (χ0v) is 14.3. The number of fused-ring (bicyclic) bond motifs is 2. The minimum atomic E-state index is -0.487. The van der Waals surface area contributed by atoms with Crippen molar-refractivity contribution in [3.63, 3.8) is 0 Å². The van der Waals surface area contributed by atoms with E-state index in [2.05, 4.69) is 6.07 Å². The Bertz CT molecular complexity index is 959. The largest absolute Gasteiger partial charge is 0.376 e. The Morgan fingerprint density at radius 1 is 0.875 bits per heavy atom. The summed E-state index contributed by atoms with van der Waals surface area (Å²) >= 11 is 0. The maximum Gasteiger partial charge on any atom is 0.226 e. The number of ketones is 1. The lowest BCUT2D eigenvalue weighted by atomic mass is 9.93. The molecule has 0 spiro atoms. The molecule has 4 heteroatoms. The number of Topliss-reactive ketones (excluding diaryl/α,β-unsaturated/α-hetero) is 1.